The zero-order chi connectivity index (χ0) is 18.1. The lowest BCUT2D eigenvalue weighted by Crippen LogP contribution is -2.51. The van der Waals surface area contributed by atoms with E-state index in [9.17, 15) is 0 Å². The molecule has 2 fully saturated rings. The number of piperidine rings is 1. The molecule has 0 bridgehead atoms. The topological polar surface area (TPSA) is 48.3 Å². The lowest BCUT2D eigenvalue weighted by Gasteiger charge is -2.36. The number of nitriles is 1. The minimum atomic E-state index is -0.0941. The van der Waals surface area contributed by atoms with Crippen molar-refractivity contribution in [1.82, 2.24) is 10.2 Å². The van der Waals surface area contributed by atoms with E-state index in [0.29, 0.717) is 12.1 Å². The van der Waals surface area contributed by atoms with Gasteiger partial charge < -0.3 is 10.1 Å². The van der Waals surface area contributed by atoms with E-state index in [4.69, 9.17) is 10.00 Å². The fourth-order valence-electron chi connectivity index (χ4n) is 4.31. The highest BCUT2D eigenvalue weighted by Gasteiger charge is 2.46. The Balaban J connectivity index is 1.48. The van der Waals surface area contributed by atoms with E-state index < -0.39 is 0 Å². The van der Waals surface area contributed by atoms with Gasteiger partial charge in [0.2, 0.25) is 0 Å². The van der Waals surface area contributed by atoms with Gasteiger partial charge in [-0.05, 0) is 77.7 Å². The summed E-state index contributed by atoms with van der Waals surface area (Å²) in [6.07, 6.45) is 3.44. The lowest BCUT2D eigenvalue weighted by atomic mass is 9.92. The number of nitrogens with zero attached hydrogens (tertiary/aromatic N) is 2. The molecule has 0 radical (unpaired) electrons. The average molecular weight is 341 g/mol. The van der Waals surface area contributed by atoms with E-state index in [1.807, 2.05) is 12.1 Å². The minimum absolute atomic E-state index is 0.0303. The highest BCUT2D eigenvalue weighted by atomic mass is 16.5. The normalized spacial score (nSPS) is 26.4. The third-order valence-corrected chi connectivity index (χ3v) is 5.59. The summed E-state index contributed by atoms with van der Waals surface area (Å²) in [5.74, 6) is 0. The van der Waals surface area contributed by atoms with E-state index in [2.05, 4.69) is 56.1 Å². The molecular weight excluding hydrogens is 310 g/mol. The summed E-state index contributed by atoms with van der Waals surface area (Å²) in [5.41, 5.74) is 1.90. The second-order valence-corrected chi connectivity index (χ2v) is 8.75. The minimum Gasteiger partial charge on any atom is -0.368 e. The maximum atomic E-state index is 8.89. The molecule has 1 aromatic rings. The molecule has 25 heavy (non-hydrogen) atoms. The average Bonchev–Trinajstić information content (AvgIpc) is 2.77. The Bertz CT molecular complexity index is 622. The molecule has 2 heterocycles. The van der Waals surface area contributed by atoms with Crippen LogP contribution < -0.4 is 5.32 Å². The summed E-state index contributed by atoms with van der Waals surface area (Å²) in [5, 5.41) is 12.8. The molecule has 4 nitrogen and oxygen atoms in total. The van der Waals surface area contributed by atoms with E-state index in [-0.39, 0.29) is 11.2 Å². The first-order chi connectivity index (χ1) is 11.8. The van der Waals surface area contributed by atoms with E-state index in [1.165, 1.54) is 18.4 Å². The van der Waals surface area contributed by atoms with Gasteiger partial charge in [0.25, 0.3) is 0 Å². The van der Waals surface area contributed by atoms with Crippen LogP contribution in [0.25, 0.3) is 0 Å². The molecule has 0 amide bonds. The van der Waals surface area contributed by atoms with Crippen molar-refractivity contribution in [2.24, 2.45) is 0 Å². The first kappa shape index (κ1) is 18.4. The van der Waals surface area contributed by atoms with Gasteiger partial charge in [-0.25, -0.2) is 0 Å². The van der Waals surface area contributed by atoms with Crippen LogP contribution in [-0.4, -0.2) is 41.3 Å². The standard InChI is InChI=1S/C21H31N3O/c1-20(2)13-19(21(3,4)25-20)23-18-9-11-24(12-10-18)15-17-7-5-16(14-22)6-8-17/h5-8,18-19,23H,9-13,15H2,1-4H3. The first-order valence-corrected chi connectivity index (χ1v) is 9.45. The molecule has 3 rings (SSSR count). The molecule has 1 N–H and O–H groups in total. The lowest BCUT2D eigenvalue weighted by molar-refractivity contribution is -0.0708. The van der Waals surface area contributed by atoms with Crippen LogP contribution in [0.2, 0.25) is 0 Å². The highest BCUT2D eigenvalue weighted by Crippen LogP contribution is 2.37. The molecule has 0 aromatic heterocycles. The number of likely N-dealkylation sites (tertiary alicyclic amines) is 1. The predicted molar refractivity (Wildman–Crippen MR) is 100 cm³/mol. The van der Waals surface area contributed by atoms with Crippen LogP contribution >= 0.6 is 0 Å². The second-order valence-electron chi connectivity index (χ2n) is 8.75. The smallest absolute Gasteiger partial charge is 0.0991 e. The second kappa shape index (κ2) is 7.07. The van der Waals surface area contributed by atoms with Crippen LogP contribution in [0.1, 0.15) is 58.1 Å². The maximum Gasteiger partial charge on any atom is 0.0991 e. The van der Waals surface area contributed by atoms with Crippen molar-refractivity contribution >= 4 is 0 Å². The van der Waals surface area contributed by atoms with Crippen molar-refractivity contribution in [2.75, 3.05) is 13.1 Å². The van der Waals surface area contributed by atoms with E-state index in [0.717, 1.165) is 31.6 Å². The van der Waals surface area contributed by atoms with Crippen molar-refractivity contribution < 1.29 is 4.74 Å². The fraction of sp³-hybridized carbons (Fsp3) is 0.667. The number of benzene rings is 1. The predicted octanol–water partition coefficient (Wildman–Crippen LogP) is 3.46. The molecule has 1 unspecified atom stereocenters. The summed E-state index contributed by atoms with van der Waals surface area (Å²) in [6.45, 7) is 12.0. The zero-order valence-electron chi connectivity index (χ0n) is 16.0. The van der Waals surface area contributed by atoms with Gasteiger partial charge in [0, 0.05) is 18.6 Å². The van der Waals surface area contributed by atoms with Crippen molar-refractivity contribution in [3.05, 3.63) is 35.4 Å². The molecule has 1 aromatic carbocycles. The van der Waals surface area contributed by atoms with Crippen LogP contribution in [-0.2, 0) is 11.3 Å². The van der Waals surface area contributed by atoms with Gasteiger partial charge in [0.1, 0.15) is 0 Å². The quantitative estimate of drug-likeness (QED) is 0.911. The SMILES string of the molecule is CC1(C)CC(NC2CCN(Cc3ccc(C#N)cc3)CC2)C(C)(C)O1. The number of rotatable bonds is 4. The maximum absolute atomic E-state index is 8.89. The van der Waals surface area contributed by atoms with Crippen LogP contribution in [0.5, 0.6) is 0 Å². The molecule has 136 valence electrons. The highest BCUT2D eigenvalue weighted by molar-refractivity contribution is 5.31. The first-order valence-electron chi connectivity index (χ1n) is 9.45. The van der Waals surface area contributed by atoms with Crippen molar-refractivity contribution in [1.29, 1.82) is 5.26 Å². The number of ether oxygens (including phenoxy) is 1. The molecule has 2 aliphatic rings. The Kier molecular flexibility index (Phi) is 5.20. The Morgan fingerprint density at radius 2 is 1.80 bits per heavy atom. The zero-order valence-corrected chi connectivity index (χ0v) is 16.0. The molecule has 0 saturated carbocycles. The van der Waals surface area contributed by atoms with Gasteiger partial charge >= 0.3 is 0 Å². The number of hydrogen-bond donors (Lipinski definition) is 1. The molecule has 0 aliphatic carbocycles. The molecule has 2 aliphatic heterocycles. The summed E-state index contributed by atoms with van der Waals surface area (Å²) >= 11 is 0. The largest absolute Gasteiger partial charge is 0.368 e. The third-order valence-electron chi connectivity index (χ3n) is 5.59. The molecule has 2 saturated heterocycles. The van der Waals surface area contributed by atoms with Crippen LogP contribution in [0.15, 0.2) is 24.3 Å². The molecule has 4 heteroatoms. The van der Waals surface area contributed by atoms with E-state index >= 15 is 0 Å². The van der Waals surface area contributed by atoms with Gasteiger partial charge in [-0.15, -0.1) is 0 Å². The molecule has 1 atom stereocenters. The van der Waals surface area contributed by atoms with Crippen molar-refractivity contribution in [2.45, 2.75) is 76.8 Å². The van der Waals surface area contributed by atoms with Crippen molar-refractivity contribution in [3.8, 4) is 6.07 Å². The fourth-order valence-corrected chi connectivity index (χ4v) is 4.31. The van der Waals surface area contributed by atoms with Crippen LogP contribution in [0, 0.1) is 11.3 Å². The molecule has 0 spiro atoms. The van der Waals surface area contributed by atoms with Crippen LogP contribution in [0.4, 0.5) is 0 Å². The summed E-state index contributed by atoms with van der Waals surface area (Å²) in [4.78, 5) is 2.51. The van der Waals surface area contributed by atoms with Gasteiger partial charge in [-0.2, -0.15) is 5.26 Å². The summed E-state index contributed by atoms with van der Waals surface area (Å²) < 4.78 is 6.21. The monoisotopic (exact) mass is 341 g/mol. The Morgan fingerprint density at radius 3 is 2.32 bits per heavy atom. The Labute approximate surface area is 152 Å². The van der Waals surface area contributed by atoms with Gasteiger partial charge in [0.05, 0.1) is 22.8 Å². The summed E-state index contributed by atoms with van der Waals surface area (Å²) in [7, 11) is 0. The number of hydrogen-bond acceptors (Lipinski definition) is 4. The third kappa shape index (κ3) is 4.61. The number of nitrogens with one attached hydrogen (secondary N) is 1. The van der Waals surface area contributed by atoms with Gasteiger partial charge in [0.15, 0.2) is 0 Å². The Hall–Kier alpha value is -1.41. The van der Waals surface area contributed by atoms with E-state index in [1.54, 1.807) is 0 Å². The Morgan fingerprint density at radius 1 is 1.16 bits per heavy atom. The van der Waals surface area contributed by atoms with Gasteiger partial charge in [-0.3, -0.25) is 4.90 Å². The van der Waals surface area contributed by atoms with Crippen LogP contribution in [0.3, 0.4) is 0 Å². The molecular formula is C21H31N3O. The summed E-state index contributed by atoms with van der Waals surface area (Å²) in [6, 6.07) is 11.2. The van der Waals surface area contributed by atoms with Crippen molar-refractivity contribution in [3.63, 3.8) is 0 Å². The van der Waals surface area contributed by atoms with Gasteiger partial charge in [-0.1, -0.05) is 12.1 Å².